The summed E-state index contributed by atoms with van der Waals surface area (Å²) in [5, 5.41) is 0. The number of carbonyl (C=O) groups excluding carboxylic acids is 1. The van der Waals surface area contributed by atoms with Crippen LogP contribution in [0.1, 0.15) is 0 Å². The van der Waals surface area contributed by atoms with E-state index in [0.29, 0.717) is 0 Å². The zero-order chi connectivity index (χ0) is 13.0. The van der Waals surface area contributed by atoms with Crippen molar-refractivity contribution in [2.45, 2.75) is 12.2 Å². The number of carbonyl (C=O) groups is 1. The average molecular weight is 251 g/mol. The molecule has 0 unspecified atom stereocenters. The highest BCUT2D eigenvalue weighted by atomic mass is 19.3. The van der Waals surface area contributed by atoms with Gasteiger partial charge in [0.1, 0.15) is 0 Å². The van der Waals surface area contributed by atoms with E-state index in [0.717, 1.165) is 4.90 Å². The largest absolute Gasteiger partial charge is 0.440 e. The van der Waals surface area contributed by atoms with Gasteiger partial charge in [0.05, 0.1) is 0 Å². The Labute approximate surface area is 87.9 Å². The molecule has 0 atom stereocenters. The Hall–Kier alpha value is -1.12. The molecule has 0 aromatic rings. The van der Waals surface area contributed by atoms with Crippen LogP contribution in [0, 0.1) is 0 Å². The smallest absolute Gasteiger partial charge is 0.409 e. The zero-order valence-electron chi connectivity index (χ0n) is 8.48. The zero-order valence-corrected chi connectivity index (χ0v) is 8.48. The van der Waals surface area contributed by atoms with Crippen molar-refractivity contribution in [1.82, 2.24) is 4.90 Å². The second-order valence-corrected chi connectivity index (χ2v) is 2.96. The summed E-state index contributed by atoms with van der Waals surface area (Å²) in [5.41, 5.74) is 0. The van der Waals surface area contributed by atoms with Crippen molar-refractivity contribution in [1.29, 1.82) is 0 Å². The van der Waals surface area contributed by atoms with E-state index in [9.17, 15) is 26.7 Å². The number of ether oxygens (including phenoxy) is 2. The number of halogens is 5. The first-order chi connectivity index (χ1) is 7.09. The summed E-state index contributed by atoms with van der Waals surface area (Å²) >= 11 is 0. The van der Waals surface area contributed by atoms with Gasteiger partial charge in [0.2, 0.25) is 0 Å². The summed E-state index contributed by atoms with van der Waals surface area (Å²) in [6.45, 7) is -4.12. The van der Waals surface area contributed by atoms with Crippen molar-refractivity contribution in [2.75, 3.05) is 27.4 Å². The monoisotopic (exact) mass is 251 g/mol. The Kier molecular flexibility index (Phi) is 4.91. The maximum Gasteiger partial charge on any atom is 0.409 e. The maximum atomic E-state index is 12.6. The highest BCUT2D eigenvalue weighted by molar-refractivity contribution is 5.66. The molecule has 0 aromatic carbocycles. The van der Waals surface area contributed by atoms with Gasteiger partial charge in [-0.25, -0.2) is 9.18 Å². The molecular weight excluding hydrogens is 241 g/mol. The highest BCUT2D eigenvalue weighted by Gasteiger charge is 2.45. The van der Waals surface area contributed by atoms with Gasteiger partial charge in [-0.3, -0.25) is 4.74 Å². The molecule has 0 heterocycles. The van der Waals surface area contributed by atoms with Gasteiger partial charge in [0.15, 0.2) is 13.3 Å². The maximum absolute atomic E-state index is 12.6. The molecule has 1 amide bonds. The molecule has 0 saturated heterocycles. The molecule has 0 rings (SSSR count). The molecular formula is C7H10F5NO3. The molecule has 9 heteroatoms. The molecule has 0 radical (unpaired) electrons. The lowest BCUT2D eigenvalue weighted by atomic mass is 10.6. The fourth-order valence-corrected chi connectivity index (χ4v) is 0.550. The normalized spacial score (nSPS) is 12.4. The molecule has 0 saturated carbocycles. The quantitative estimate of drug-likeness (QED) is 0.700. The van der Waals surface area contributed by atoms with Crippen LogP contribution < -0.4 is 0 Å². The van der Waals surface area contributed by atoms with E-state index in [1.807, 2.05) is 0 Å². The van der Waals surface area contributed by atoms with Gasteiger partial charge in [-0.1, -0.05) is 0 Å². The van der Waals surface area contributed by atoms with Crippen LogP contribution in [0.3, 0.4) is 0 Å². The van der Waals surface area contributed by atoms with Crippen LogP contribution in [0.5, 0.6) is 0 Å². The number of hydrogen-bond donors (Lipinski definition) is 0. The Balaban J connectivity index is 4.20. The van der Waals surface area contributed by atoms with Crippen molar-refractivity contribution in [3.05, 3.63) is 0 Å². The van der Waals surface area contributed by atoms with Gasteiger partial charge in [0, 0.05) is 14.1 Å². The van der Waals surface area contributed by atoms with Crippen LogP contribution in [0.4, 0.5) is 26.7 Å². The van der Waals surface area contributed by atoms with Crippen molar-refractivity contribution >= 4 is 6.09 Å². The predicted octanol–water partition coefficient (Wildman–Crippen LogP) is 1.86. The van der Waals surface area contributed by atoms with E-state index in [1.165, 1.54) is 14.1 Å². The van der Waals surface area contributed by atoms with Gasteiger partial charge in [-0.15, -0.1) is 0 Å². The first-order valence-electron chi connectivity index (χ1n) is 3.95. The number of rotatable bonds is 5. The van der Waals surface area contributed by atoms with Gasteiger partial charge in [-0.2, -0.15) is 17.6 Å². The third kappa shape index (κ3) is 5.69. The fraction of sp³-hybridized carbons (Fsp3) is 0.857. The molecule has 0 aliphatic rings. The molecule has 0 spiro atoms. The molecule has 0 aromatic heterocycles. The molecule has 16 heavy (non-hydrogen) atoms. The van der Waals surface area contributed by atoms with Crippen molar-refractivity contribution in [3.8, 4) is 0 Å². The molecule has 0 aliphatic carbocycles. The second-order valence-electron chi connectivity index (χ2n) is 2.96. The van der Waals surface area contributed by atoms with Crippen LogP contribution in [0.25, 0.3) is 0 Å². The van der Waals surface area contributed by atoms with Gasteiger partial charge < -0.3 is 9.64 Å². The minimum atomic E-state index is -4.62. The van der Waals surface area contributed by atoms with Gasteiger partial charge >= 0.3 is 18.3 Å². The Morgan fingerprint density at radius 3 is 2.06 bits per heavy atom. The van der Waals surface area contributed by atoms with Crippen molar-refractivity contribution < 1.29 is 36.2 Å². The van der Waals surface area contributed by atoms with E-state index in [1.54, 1.807) is 0 Å². The third-order valence-corrected chi connectivity index (χ3v) is 1.18. The SMILES string of the molecule is CN(C)C(=O)OCC(F)(F)OC(F)(F)CF. The van der Waals surface area contributed by atoms with Gasteiger partial charge in [-0.05, 0) is 0 Å². The van der Waals surface area contributed by atoms with Crippen LogP contribution in [-0.2, 0) is 9.47 Å². The lowest BCUT2D eigenvalue weighted by Crippen LogP contribution is -2.39. The Morgan fingerprint density at radius 2 is 1.69 bits per heavy atom. The lowest BCUT2D eigenvalue weighted by Gasteiger charge is -2.22. The van der Waals surface area contributed by atoms with Crippen LogP contribution in [0.2, 0.25) is 0 Å². The highest BCUT2D eigenvalue weighted by Crippen LogP contribution is 2.27. The number of amides is 1. The first kappa shape index (κ1) is 14.9. The first-order valence-corrected chi connectivity index (χ1v) is 3.95. The number of hydrogen-bond acceptors (Lipinski definition) is 3. The van der Waals surface area contributed by atoms with Crippen LogP contribution in [0.15, 0.2) is 0 Å². The lowest BCUT2D eigenvalue weighted by molar-refractivity contribution is -0.384. The minimum absolute atomic E-state index is 0.809. The molecule has 96 valence electrons. The summed E-state index contributed by atoms with van der Waals surface area (Å²) < 4.78 is 67.6. The van der Waals surface area contributed by atoms with Crippen LogP contribution >= 0.6 is 0 Å². The van der Waals surface area contributed by atoms with E-state index in [4.69, 9.17) is 0 Å². The molecule has 0 bridgehead atoms. The minimum Gasteiger partial charge on any atom is -0.440 e. The summed E-state index contributed by atoms with van der Waals surface area (Å²) in [7, 11) is 2.41. The van der Waals surface area contributed by atoms with E-state index in [-0.39, 0.29) is 0 Å². The molecule has 0 N–H and O–H groups in total. The number of alkyl halides is 5. The average Bonchev–Trinajstić information content (AvgIpc) is 2.12. The van der Waals surface area contributed by atoms with E-state index >= 15 is 0 Å². The topological polar surface area (TPSA) is 38.8 Å². The standard InChI is InChI=1S/C7H10F5NO3/c1-13(2)5(14)15-4-7(11,12)16-6(9,10)3-8/h3-4H2,1-2H3. The molecule has 0 aliphatic heterocycles. The van der Waals surface area contributed by atoms with E-state index < -0.39 is 31.6 Å². The predicted molar refractivity (Wildman–Crippen MR) is 42.0 cm³/mol. The van der Waals surface area contributed by atoms with E-state index in [2.05, 4.69) is 9.47 Å². The summed E-state index contributed by atoms with van der Waals surface area (Å²) in [6, 6.07) is 0. The Morgan fingerprint density at radius 1 is 1.19 bits per heavy atom. The van der Waals surface area contributed by atoms with Crippen molar-refractivity contribution in [2.24, 2.45) is 0 Å². The second kappa shape index (κ2) is 5.28. The van der Waals surface area contributed by atoms with Gasteiger partial charge in [0.25, 0.3) is 0 Å². The molecule has 4 nitrogen and oxygen atoms in total. The Bertz CT molecular complexity index is 246. The molecule has 0 fully saturated rings. The number of nitrogens with zero attached hydrogens (tertiary/aromatic N) is 1. The summed E-state index contributed by atoms with van der Waals surface area (Å²) in [5.74, 6) is 0. The van der Waals surface area contributed by atoms with Crippen molar-refractivity contribution in [3.63, 3.8) is 0 Å². The summed E-state index contributed by atoms with van der Waals surface area (Å²) in [6.07, 6.45) is -10.2. The fourth-order valence-electron chi connectivity index (χ4n) is 0.550. The third-order valence-electron chi connectivity index (χ3n) is 1.18. The van der Waals surface area contributed by atoms with Crippen LogP contribution in [-0.4, -0.2) is 50.6 Å². The summed E-state index contributed by atoms with van der Waals surface area (Å²) in [4.78, 5) is 11.5.